The third-order valence-corrected chi connectivity index (χ3v) is 4.48. The number of thiophene rings is 1. The molecule has 0 bridgehead atoms. The Balaban J connectivity index is 2.11. The first kappa shape index (κ1) is 11.4. The molecule has 3 rings (SSSR count). The molecule has 0 fully saturated rings. The molecule has 0 unspecified atom stereocenters. The van der Waals surface area contributed by atoms with Crippen LogP contribution in [-0.4, -0.2) is 10.5 Å². The lowest BCUT2D eigenvalue weighted by molar-refractivity contribution is 0.1000. The van der Waals surface area contributed by atoms with Crippen molar-refractivity contribution in [1.82, 2.24) is 4.57 Å². The molecule has 3 aromatic rings. The molecule has 2 heterocycles. The lowest BCUT2D eigenvalue weighted by atomic mass is 10.2. The predicted octanol–water partition coefficient (Wildman–Crippen LogP) is 3.04. The summed E-state index contributed by atoms with van der Waals surface area (Å²) in [5.74, 6) is -0.175. The highest BCUT2D eigenvalue weighted by Crippen LogP contribution is 2.25. The van der Waals surface area contributed by atoms with Gasteiger partial charge in [0, 0.05) is 34.1 Å². The van der Waals surface area contributed by atoms with E-state index in [9.17, 15) is 4.79 Å². The number of hydrogen-bond acceptors (Lipinski definition) is 3. The minimum Gasteiger partial charge on any atom is -0.327 e. The monoisotopic (exact) mass is 274 g/mol. The largest absolute Gasteiger partial charge is 0.327 e. The van der Waals surface area contributed by atoms with Crippen molar-refractivity contribution in [3.8, 4) is 0 Å². The van der Waals surface area contributed by atoms with E-state index in [4.69, 9.17) is 0 Å². The lowest BCUT2D eigenvalue weighted by Gasteiger charge is -1.93. The normalized spacial score (nSPS) is 12.2. The Morgan fingerprint density at radius 2 is 2.11 bits per heavy atom. The Hall–Kier alpha value is -1.72. The Kier molecular flexibility index (Phi) is 2.85. The molecule has 0 radical (unpaired) electrons. The summed E-state index contributed by atoms with van der Waals surface area (Å²) in [6.45, 7) is 0. The van der Waals surface area contributed by atoms with Crippen LogP contribution in [-0.2, 0) is 7.05 Å². The summed E-state index contributed by atoms with van der Waals surface area (Å²) in [6, 6.07) is 7.89. The molecule has 0 aliphatic rings. The molecule has 0 saturated carbocycles. The van der Waals surface area contributed by atoms with Crippen molar-refractivity contribution < 1.29 is 4.79 Å². The van der Waals surface area contributed by atoms with Gasteiger partial charge in [0.25, 0.3) is 5.91 Å². The molecule has 2 aromatic heterocycles. The van der Waals surface area contributed by atoms with Crippen molar-refractivity contribution in [2.45, 2.75) is 0 Å². The number of carbonyl (C=O) groups is 1. The number of thiazole rings is 1. The molecule has 18 heavy (non-hydrogen) atoms. The van der Waals surface area contributed by atoms with Crippen molar-refractivity contribution in [3.05, 3.63) is 51.6 Å². The van der Waals surface area contributed by atoms with Crippen LogP contribution in [0, 0.1) is 0 Å². The molecule has 0 N–H and O–H groups in total. The van der Waals surface area contributed by atoms with E-state index in [2.05, 4.69) is 4.99 Å². The zero-order valence-corrected chi connectivity index (χ0v) is 11.3. The SMILES string of the molecule is Cn1ccsc1=NC(=O)c1csc2ccccc12. The molecule has 3 nitrogen and oxygen atoms in total. The molecule has 90 valence electrons. The van der Waals surface area contributed by atoms with Crippen LogP contribution in [0.1, 0.15) is 10.4 Å². The van der Waals surface area contributed by atoms with Crippen LogP contribution in [0.2, 0.25) is 0 Å². The van der Waals surface area contributed by atoms with E-state index in [0.29, 0.717) is 5.56 Å². The van der Waals surface area contributed by atoms with E-state index in [1.165, 1.54) is 11.3 Å². The fourth-order valence-electron chi connectivity index (χ4n) is 1.73. The van der Waals surface area contributed by atoms with Gasteiger partial charge in [-0.05, 0) is 6.07 Å². The maximum atomic E-state index is 12.2. The number of carbonyl (C=O) groups excluding carboxylic acids is 1. The molecular weight excluding hydrogens is 264 g/mol. The first-order valence-electron chi connectivity index (χ1n) is 5.41. The van der Waals surface area contributed by atoms with Gasteiger partial charge >= 0.3 is 0 Å². The van der Waals surface area contributed by atoms with Crippen molar-refractivity contribution >= 4 is 38.7 Å². The van der Waals surface area contributed by atoms with Gasteiger partial charge in [-0.15, -0.1) is 22.7 Å². The van der Waals surface area contributed by atoms with Crippen LogP contribution in [0.4, 0.5) is 0 Å². The van der Waals surface area contributed by atoms with Gasteiger partial charge in [-0.25, -0.2) is 0 Å². The molecule has 1 aromatic carbocycles. The van der Waals surface area contributed by atoms with E-state index < -0.39 is 0 Å². The fourth-order valence-corrected chi connectivity index (χ4v) is 3.39. The second-order valence-electron chi connectivity index (χ2n) is 3.86. The fraction of sp³-hybridized carbons (Fsp3) is 0.0769. The topological polar surface area (TPSA) is 34.4 Å². The highest BCUT2D eigenvalue weighted by Gasteiger charge is 2.10. The Labute approximate surface area is 112 Å². The summed E-state index contributed by atoms with van der Waals surface area (Å²) in [4.78, 5) is 17.1. The standard InChI is InChI=1S/C13H10N2OS2/c1-15-6-7-17-13(15)14-12(16)10-8-18-11-5-3-2-4-9(10)11/h2-8H,1H3. The molecule has 0 atom stereocenters. The summed E-state index contributed by atoms with van der Waals surface area (Å²) in [6.07, 6.45) is 1.89. The number of hydrogen-bond donors (Lipinski definition) is 0. The highest BCUT2D eigenvalue weighted by atomic mass is 32.1. The number of aryl methyl sites for hydroxylation is 1. The van der Waals surface area contributed by atoms with Crippen molar-refractivity contribution in [3.63, 3.8) is 0 Å². The molecule has 0 aliphatic carbocycles. The van der Waals surface area contributed by atoms with Crippen LogP contribution >= 0.6 is 22.7 Å². The minimum absolute atomic E-state index is 0.175. The predicted molar refractivity (Wildman–Crippen MR) is 75.0 cm³/mol. The number of fused-ring (bicyclic) bond motifs is 1. The smallest absolute Gasteiger partial charge is 0.281 e. The summed E-state index contributed by atoms with van der Waals surface area (Å²) in [5.41, 5.74) is 0.684. The minimum atomic E-state index is -0.175. The summed E-state index contributed by atoms with van der Waals surface area (Å²) >= 11 is 3.03. The molecule has 0 spiro atoms. The zero-order chi connectivity index (χ0) is 12.5. The van der Waals surface area contributed by atoms with E-state index in [-0.39, 0.29) is 5.91 Å². The maximum absolute atomic E-state index is 12.2. The van der Waals surface area contributed by atoms with Gasteiger partial charge in [0.1, 0.15) is 0 Å². The molecular formula is C13H10N2OS2. The average Bonchev–Trinajstić information content (AvgIpc) is 2.96. The third-order valence-electron chi connectivity index (χ3n) is 2.67. The maximum Gasteiger partial charge on any atom is 0.281 e. The number of aromatic nitrogens is 1. The third kappa shape index (κ3) is 1.91. The summed E-state index contributed by atoms with van der Waals surface area (Å²) < 4.78 is 2.96. The van der Waals surface area contributed by atoms with Gasteiger partial charge in [0.15, 0.2) is 4.80 Å². The molecule has 1 amide bonds. The molecule has 5 heteroatoms. The quantitative estimate of drug-likeness (QED) is 0.671. The van der Waals surface area contributed by atoms with Gasteiger partial charge in [-0.1, -0.05) is 18.2 Å². The van der Waals surface area contributed by atoms with Gasteiger partial charge in [-0.3, -0.25) is 4.79 Å². The Morgan fingerprint density at radius 1 is 1.28 bits per heavy atom. The number of amides is 1. The Morgan fingerprint density at radius 3 is 2.89 bits per heavy atom. The van der Waals surface area contributed by atoms with Gasteiger partial charge in [0.2, 0.25) is 0 Å². The van der Waals surface area contributed by atoms with Crippen LogP contribution in [0.25, 0.3) is 10.1 Å². The Bertz CT molecular complexity index is 779. The van der Waals surface area contributed by atoms with Crippen molar-refractivity contribution in [1.29, 1.82) is 0 Å². The van der Waals surface area contributed by atoms with Crippen LogP contribution in [0.15, 0.2) is 46.2 Å². The van der Waals surface area contributed by atoms with E-state index >= 15 is 0 Å². The zero-order valence-electron chi connectivity index (χ0n) is 9.66. The van der Waals surface area contributed by atoms with Crippen LogP contribution < -0.4 is 4.80 Å². The number of rotatable bonds is 1. The molecule has 0 aliphatic heterocycles. The van der Waals surface area contributed by atoms with Crippen LogP contribution in [0.3, 0.4) is 0 Å². The average molecular weight is 274 g/mol. The lowest BCUT2D eigenvalue weighted by Crippen LogP contribution is -2.12. The van der Waals surface area contributed by atoms with Gasteiger partial charge in [-0.2, -0.15) is 4.99 Å². The first-order chi connectivity index (χ1) is 8.75. The highest BCUT2D eigenvalue weighted by molar-refractivity contribution is 7.17. The summed E-state index contributed by atoms with van der Waals surface area (Å²) in [5, 5.41) is 4.78. The van der Waals surface area contributed by atoms with E-state index in [1.807, 2.05) is 52.8 Å². The van der Waals surface area contributed by atoms with E-state index in [0.717, 1.165) is 14.9 Å². The van der Waals surface area contributed by atoms with Gasteiger partial charge in [0.05, 0.1) is 5.56 Å². The van der Waals surface area contributed by atoms with Crippen LogP contribution in [0.5, 0.6) is 0 Å². The van der Waals surface area contributed by atoms with Crippen molar-refractivity contribution in [2.24, 2.45) is 12.0 Å². The van der Waals surface area contributed by atoms with E-state index in [1.54, 1.807) is 11.3 Å². The number of nitrogens with zero attached hydrogens (tertiary/aromatic N) is 2. The molecule has 0 saturated heterocycles. The van der Waals surface area contributed by atoms with Crippen molar-refractivity contribution in [2.75, 3.05) is 0 Å². The second kappa shape index (κ2) is 4.51. The van der Waals surface area contributed by atoms with Gasteiger partial charge < -0.3 is 4.57 Å². The number of benzene rings is 1. The second-order valence-corrected chi connectivity index (χ2v) is 5.64. The summed E-state index contributed by atoms with van der Waals surface area (Å²) in [7, 11) is 1.88. The first-order valence-corrected chi connectivity index (χ1v) is 7.17.